The van der Waals surface area contributed by atoms with Crippen LogP contribution in [0.4, 0.5) is 13.2 Å². The lowest BCUT2D eigenvalue weighted by Gasteiger charge is -2.22. The van der Waals surface area contributed by atoms with Crippen molar-refractivity contribution in [1.82, 2.24) is 0 Å². The van der Waals surface area contributed by atoms with Gasteiger partial charge in [0.25, 0.3) is 0 Å². The molecule has 3 aromatic carbocycles. The summed E-state index contributed by atoms with van der Waals surface area (Å²) >= 11 is 0. The summed E-state index contributed by atoms with van der Waals surface area (Å²) in [7, 11) is 0. The molecule has 0 aromatic heterocycles. The number of carboxylic acids is 1. The van der Waals surface area contributed by atoms with Crippen LogP contribution in [0.3, 0.4) is 0 Å². The largest absolute Gasteiger partial charge is 0.493 e. The van der Waals surface area contributed by atoms with Gasteiger partial charge in [-0.05, 0) is 98.2 Å². The number of benzene rings is 3. The van der Waals surface area contributed by atoms with E-state index >= 15 is 0 Å². The number of rotatable bonds is 9. The van der Waals surface area contributed by atoms with Gasteiger partial charge in [0.15, 0.2) is 0 Å². The molecule has 9 heteroatoms. The Morgan fingerprint density at radius 1 is 1.05 bits per heavy atom. The maximum Gasteiger partial charge on any atom is 0.417 e. The zero-order valence-electron chi connectivity index (χ0n) is 24.1. The lowest BCUT2D eigenvalue weighted by molar-refractivity contribution is -0.138. The molecule has 1 heterocycles. The maximum atomic E-state index is 14.3. The monoisotopic (exact) mass is 584 g/mol. The van der Waals surface area contributed by atoms with Gasteiger partial charge >= 0.3 is 12.1 Å². The molecule has 1 aliphatic heterocycles. The number of ether oxygens (including phenoxy) is 3. The highest BCUT2D eigenvalue weighted by Crippen LogP contribution is 2.48. The van der Waals surface area contributed by atoms with Gasteiger partial charge in [0.05, 0.1) is 30.8 Å². The van der Waals surface area contributed by atoms with E-state index in [1.165, 1.54) is 6.07 Å². The molecule has 0 saturated heterocycles. The summed E-state index contributed by atoms with van der Waals surface area (Å²) < 4.78 is 60.8. The van der Waals surface area contributed by atoms with E-state index in [0.29, 0.717) is 53.2 Å². The van der Waals surface area contributed by atoms with Crippen LogP contribution in [-0.4, -0.2) is 35.0 Å². The third kappa shape index (κ3) is 6.21. The highest BCUT2D eigenvalue weighted by Gasteiger charge is 2.38. The van der Waals surface area contributed by atoms with Crippen molar-refractivity contribution in [1.29, 1.82) is 0 Å². The topological polar surface area (TPSA) is 85.2 Å². The highest BCUT2D eigenvalue weighted by atomic mass is 19.4. The van der Waals surface area contributed by atoms with Gasteiger partial charge in [-0.3, -0.25) is 4.79 Å². The molecule has 0 bridgehead atoms. The Morgan fingerprint density at radius 3 is 2.38 bits per heavy atom. The second-order valence-electron chi connectivity index (χ2n) is 11.9. The Bertz CT molecular complexity index is 1480. The fourth-order valence-electron chi connectivity index (χ4n) is 5.95. The highest BCUT2D eigenvalue weighted by molar-refractivity contribution is 5.76. The van der Waals surface area contributed by atoms with Gasteiger partial charge in [-0.25, -0.2) is 0 Å². The molecule has 0 amide bonds. The second kappa shape index (κ2) is 11.2. The van der Waals surface area contributed by atoms with Crippen LogP contribution in [0, 0.1) is 13.8 Å². The van der Waals surface area contributed by atoms with Crippen molar-refractivity contribution in [3.8, 4) is 28.4 Å². The molecule has 0 radical (unpaired) electrons. The number of carboxylic acid groups (broad SMARTS) is 1. The molecule has 2 N–H and O–H groups in total. The van der Waals surface area contributed by atoms with Crippen LogP contribution < -0.4 is 14.2 Å². The van der Waals surface area contributed by atoms with Crippen molar-refractivity contribution in [3.63, 3.8) is 0 Å². The fourth-order valence-corrected chi connectivity index (χ4v) is 5.95. The minimum absolute atomic E-state index is 0.0274. The van der Waals surface area contributed by atoms with Crippen LogP contribution >= 0.6 is 0 Å². The first-order valence-corrected chi connectivity index (χ1v) is 14.1. The van der Waals surface area contributed by atoms with Crippen molar-refractivity contribution in [3.05, 3.63) is 75.8 Å². The van der Waals surface area contributed by atoms with Gasteiger partial charge in [-0.2, -0.15) is 13.2 Å². The van der Waals surface area contributed by atoms with Crippen molar-refractivity contribution in [2.75, 3.05) is 13.2 Å². The van der Waals surface area contributed by atoms with E-state index in [-0.39, 0.29) is 31.1 Å². The van der Waals surface area contributed by atoms with E-state index in [1.807, 2.05) is 13.8 Å². The minimum atomic E-state index is -4.54. The summed E-state index contributed by atoms with van der Waals surface area (Å²) in [5, 5.41) is 19.1. The van der Waals surface area contributed by atoms with Crippen molar-refractivity contribution in [2.45, 2.75) is 77.2 Å². The summed E-state index contributed by atoms with van der Waals surface area (Å²) in [6, 6.07) is 11.4. The normalized spacial score (nSPS) is 17.9. The first-order chi connectivity index (χ1) is 19.7. The predicted molar refractivity (Wildman–Crippen MR) is 151 cm³/mol. The molecule has 0 saturated carbocycles. The fraction of sp³-hybridized carbons (Fsp3) is 0.424. The van der Waals surface area contributed by atoms with Crippen molar-refractivity contribution in [2.24, 2.45) is 0 Å². The first kappa shape index (κ1) is 29.8. The smallest absolute Gasteiger partial charge is 0.417 e. The van der Waals surface area contributed by atoms with E-state index in [9.17, 15) is 23.1 Å². The molecule has 224 valence electrons. The van der Waals surface area contributed by atoms with Crippen LogP contribution in [0.2, 0.25) is 0 Å². The number of aliphatic hydroxyl groups is 1. The molecule has 1 unspecified atom stereocenters. The Labute approximate surface area is 243 Å². The molecular formula is C33H35F3O6. The molecule has 1 aliphatic carbocycles. The van der Waals surface area contributed by atoms with Gasteiger partial charge in [-0.1, -0.05) is 12.1 Å². The van der Waals surface area contributed by atoms with E-state index in [0.717, 1.165) is 22.8 Å². The standard InChI is InChI=1S/C33H35F3O6/c1-18-13-20(14-19(2)31(18)40-12-11-32(3,4)39)30-25-8-10-27(24(25)7-9-26(30)33(34,35)36)42-22-5-6-23-21(15-29(37)38)17-41-28(23)16-22/h5-7,9,13-14,16,21,27,39H,8,10-12,15,17H2,1-4H3,(H,37,38)/t21?,27-/m1/s1. The summed E-state index contributed by atoms with van der Waals surface area (Å²) in [6.45, 7) is 7.58. The number of hydrogen-bond acceptors (Lipinski definition) is 5. The number of aliphatic carboxylic acids is 1. The zero-order chi connectivity index (χ0) is 30.4. The van der Waals surface area contributed by atoms with E-state index in [4.69, 9.17) is 19.3 Å². The second-order valence-corrected chi connectivity index (χ2v) is 11.9. The lowest BCUT2D eigenvalue weighted by Crippen LogP contribution is -2.22. The quantitative estimate of drug-likeness (QED) is 0.270. The summed E-state index contributed by atoms with van der Waals surface area (Å²) in [4.78, 5) is 11.2. The first-order valence-electron chi connectivity index (χ1n) is 14.1. The Balaban J connectivity index is 1.45. The molecular weight excluding hydrogens is 549 g/mol. The number of hydrogen-bond donors (Lipinski definition) is 2. The van der Waals surface area contributed by atoms with Crippen molar-refractivity contribution >= 4 is 5.97 Å². The van der Waals surface area contributed by atoms with E-state index in [2.05, 4.69) is 0 Å². The Hall–Kier alpha value is -3.72. The lowest BCUT2D eigenvalue weighted by atomic mass is 9.89. The van der Waals surface area contributed by atoms with Crippen LogP contribution in [0.1, 0.15) is 78.5 Å². The van der Waals surface area contributed by atoms with Crippen LogP contribution in [0.15, 0.2) is 42.5 Å². The number of fused-ring (bicyclic) bond motifs is 2. The van der Waals surface area contributed by atoms with Crippen LogP contribution in [-0.2, 0) is 17.4 Å². The third-order valence-corrected chi connectivity index (χ3v) is 7.93. The average Bonchev–Trinajstić information content (AvgIpc) is 3.47. The molecule has 5 rings (SSSR count). The third-order valence-electron chi connectivity index (χ3n) is 7.93. The Morgan fingerprint density at radius 2 is 1.74 bits per heavy atom. The van der Waals surface area contributed by atoms with Gasteiger partial charge in [-0.15, -0.1) is 0 Å². The van der Waals surface area contributed by atoms with E-state index in [1.54, 1.807) is 44.2 Å². The van der Waals surface area contributed by atoms with Gasteiger partial charge in [0.1, 0.15) is 23.4 Å². The molecule has 2 aliphatic rings. The molecule has 6 nitrogen and oxygen atoms in total. The molecule has 42 heavy (non-hydrogen) atoms. The summed E-state index contributed by atoms with van der Waals surface area (Å²) in [6.07, 6.45) is -3.67. The van der Waals surface area contributed by atoms with Crippen LogP contribution in [0.25, 0.3) is 11.1 Å². The van der Waals surface area contributed by atoms with Gasteiger partial charge in [0, 0.05) is 24.0 Å². The number of alkyl halides is 3. The summed E-state index contributed by atoms with van der Waals surface area (Å²) in [5.41, 5.74) is 2.63. The number of halogens is 3. The minimum Gasteiger partial charge on any atom is -0.493 e. The molecule has 0 fully saturated rings. The zero-order valence-corrected chi connectivity index (χ0v) is 24.1. The summed E-state index contributed by atoms with van der Waals surface area (Å²) in [5.74, 6) is 0.568. The molecule has 3 aromatic rings. The predicted octanol–water partition coefficient (Wildman–Crippen LogP) is 7.55. The average molecular weight is 585 g/mol. The van der Waals surface area contributed by atoms with Crippen molar-refractivity contribution < 1.29 is 42.4 Å². The number of aryl methyl sites for hydroxylation is 2. The SMILES string of the molecule is Cc1cc(-c2c(C(F)(F)F)ccc3c2CC[C@H]3Oc2ccc3c(c2)OCC3CC(=O)O)cc(C)c1OCCC(C)(C)O. The molecule has 2 atom stereocenters. The Kier molecular flexibility index (Phi) is 7.91. The molecule has 0 spiro atoms. The number of carbonyl (C=O) groups is 1. The van der Waals surface area contributed by atoms with E-state index < -0.39 is 29.4 Å². The maximum absolute atomic E-state index is 14.3. The van der Waals surface area contributed by atoms with Gasteiger partial charge < -0.3 is 24.4 Å². The van der Waals surface area contributed by atoms with Gasteiger partial charge in [0.2, 0.25) is 0 Å². The van der Waals surface area contributed by atoms with Crippen LogP contribution in [0.5, 0.6) is 17.2 Å².